The molecule has 2 heterocycles. The molecule has 35 heavy (non-hydrogen) atoms. The maximum atomic E-state index is 13.2. The number of benzene rings is 1. The van der Waals surface area contributed by atoms with Crippen LogP contribution in [0, 0.1) is 5.92 Å². The van der Waals surface area contributed by atoms with Crippen LogP contribution in [0.15, 0.2) is 23.6 Å². The number of carbonyl (C=O) groups excluding carboxylic acids is 3. The third-order valence-corrected chi connectivity index (χ3v) is 5.75. The van der Waals surface area contributed by atoms with Crippen molar-refractivity contribution in [3.63, 3.8) is 0 Å². The first-order valence-electron chi connectivity index (χ1n) is 10.8. The quantitative estimate of drug-likeness (QED) is 0.520. The van der Waals surface area contributed by atoms with Crippen LogP contribution in [0.3, 0.4) is 0 Å². The SMILES string of the molecule is CC(C)C(=O)Nc1nc(CC(=O)OCC(=O)Nc2cc(C(F)(F)F)ccc2N2CCOCC2)cs1. The number of aromatic nitrogens is 1. The Morgan fingerprint density at radius 1 is 1.20 bits per heavy atom. The number of carbonyl (C=O) groups is 3. The van der Waals surface area contributed by atoms with Crippen molar-refractivity contribution in [2.45, 2.75) is 26.4 Å². The smallest absolute Gasteiger partial charge is 0.416 e. The van der Waals surface area contributed by atoms with Crippen LogP contribution in [0.5, 0.6) is 0 Å². The molecule has 1 fully saturated rings. The van der Waals surface area contributed by atoms with Crippen LogP contribution < -0.4 is 15.5 Å². The van der Waals surface area contributed by atoms with Gasteiger partial charge in [0.2, 0.25) is 5.91 Å². The maximum Gasteiger partial charge on any atom is 0.416 e. The fraction of sp³-hybridized carbons (Fsp3) is 0.455. The second-order valence-electron chi connectivity index (χ2n) is 8.00. The fourth-order valence-electron chi connectivity index (χ4n) is 3.12. The third-order valence-electron chi connectivity index (χ3n) is 4.95. The second-order valence-corrected chi connectivity index (χ2v) is 8.86. The van der Waals surface area contributed by atoms with Gasteiger partial charge in [0.05, 0.1) is 42.3 Å². The number of rotatable bonds is 8. The molecule has 1 aromatic heterocycles. The number of ether oxygens (including phenoxy) is 2. The Hall–Kier alpha value is -3.19. The number of esters is 1. The van der Waals surface area contributed by atoms with Crippen LogP contribution in [0.25, 0.3) is 0 Å². The van der Waals surface area contributed by atoms with Crippen molar-refractivity contribution in [3.05, 3.63) is 34.8 Å². The standard InChI is InChI=1S/C22H25F3N4O5S/c1-13(2)20(32)28-21-26-15(12-35-21)10-19(31)34-11-18(30)27-16-9-14(22(23,24)25)3-4-17(16)29-5-7-33-8-6-29/h3-4,9,12-13H,5-8,10-11H2,1-2H3,(H,27,30)(H,26,28,32). The van der Waals surface area contributed by atoms with Crippen LogP contribution in [0.2, 0.25) is 0 Å². The van der Waals surface area contributed by atoms with E-state index in [0.29, 0.717) is 42.8 Å². The topological polar surface area (TPSA) is 110 Å². The number of halogens is 3. The van der Waals surface area contributed by atoms with Crippen molar-refractivity contribution in [1.82, 2.24) is 4.98 Å². The van der Waals surface area contributed by atoms with Crippen molar-refractivity contribution in [2.75, 3.05) is 48.4 Å². The van der Waals surface area contributed by atoms with Crippen molar-refractivity contribution >= 4 is 45.6 Å². The number of nitrogens with zero attached hydrogens (tertiary/aromatic N) is 2. The summed E-state index contributed by atoms with van der Waals surface area (Å²) in [4.78, 5) is 42.1. The Kier molecular flexibility index (Phi) is 8.67. The lowest BCUT2D eigenvalue weighted by molar-refractivity contribution is -0.146. The molecule has 13 heteroatoms. The van der Waals surface area contributed by atoms with E-state index in [1.165, 1.54) is 6.07 Å². The van der Waals surface area contributed by atoms with Gasteiger partial charge in [-0.15, -0.1) is 11.3 Å². The zero-order valence-corrected chi connectivity index (χ0v) is 19.9. The first kappa shape index (κ1) is 26.4. The minimum Gasteiger partial charge on any atom is -0.455 e. The average molecular weight is 515 g/mol. The highest BCUT2D eigenvalue weighted by Crippen LogP contribution is 2.35. The zero-order valence-electron chi connectivity index (χ0n) is 19.1. The van der Waals surface area contributed by atoms with Gasteiger partial charge >= 0.3 is 12.1 Å². The molecule has 0 atom stereocenters. The molecule has 2 aromatic rings. The van der Waals surface area contributed by atoms with Gasteiger partial charge in [0.1, 0.15) is 0 Å². The van der Waals surface area contributed by atoms with E-state index < -0.39 is 30.2 Å². The van der Waals surface area contributed by atoms with Gasteiger partial charge in [-0.1, -0.05) is 13.8 Å². The maximum absolute atomic E-state index is 13.2. The van der Waals surface area contributed by atoms with Gasteiger partial charge in [-0.25, -0.2) is 4.98 Å². The molecule has 0 spiro atoms. The molecule has 0 radical (unpaired) electrons. The number of thiazole rings is 1. The van der Waals surface area contributed by atoms with Crippen LogP contribution >= 0.6 is 11.3 Å². The normalized spacial score (nSPS) is 14.1. The summed E-state index contributed by atoms with van der Waals surface area (Å²) in [6.07, 6.45) is -4.82. The molecule has 0 unspecified atom stereocenters. The lowest BCUT2D eigenvalue weighted by atomic mass is 10.1. The molecule has 2 amide bonds. The summed E-state index contributed by atoms with van der Waals surface area (Å²) in [5, 5.41) is 6.95. The molecule has 9 nitrogen and oxygen atoms in total. The van der Waals surface area contributed by atoms with Gasteiger partial charge in [0, 0.05) is 24.4 Å². The fourth-order valence-corrected chi connectivity index (χ4v) is 3.83. The van der Waals surface area contributed by atoms with E-state index in [1.807, 2.05) is 4.90 Å². The highest BCUT2D eigenvalue weighted by molar-refractivity contribution is 7.13. The summed E-state index contributed by atoms with van der Waals surface area (Å²) >= 11 is 1.15. The van der Waals surface area contributed by atoms with Crippen molar-refractivity contribution in [1.29, 1.82) is 0 Å². The Bertz CT molecular complexity index is 1070. The second kappa shape index (κ2) is 11.5. The van der Waals surface area contributed by atoms with Gasteiger partial charge < -0.3 is 25.0 Å². The van der Waals surface area contributed by atoms with E-state index in [9.17, 15) is 27.6 Å². The number of hydrogen-bond acceptors (Lipinski definition) is 8. The largest absolute Gasteiger partial charge is 0.455 e. The summed E-state index contributed by atoms with van der Waals surface area (Å²) in [5.41, 5.74) is -0.176. The van der Waals surface area contributed by atoms with Gasteiger partial charge in [0.15, 0.2) is 11.7 Å². The summed E-state index contributed by atoms with van der Waals surface area (Å²) in [5.74, 6) is -1.97. The molecule has 1 aromatic carbocycles. The number of alkyl halides is 3. The predicted molar refractivity (Wildman–Crippen MR) is 123 cm³/mol. The van der Waals surface area contributed by atoms with Gasteiger partial charge in [-0.2, -0.15) is 13.2 Å². The Morgan fingerprint density at radius 3 is 2.57 bits per heavy atom. The lowest BCUT2D eigenvalue weighted by Crippen LogP contribution is -2.37. The monoisotopic (exact) mass is 514 g/mol. The molecule has 2 N–H and O–H groups in total. The van der Waals surface area contributed by atoms with Gasteiger partial charge in [-0.05, 0) is 18.2 Å². The molecule has 190 valence electrons. The molecular weight excluding hydrogens is 489 g/mol. The first-order chi connectivity index (χ1) is 16.5. The molecule has 0 aliphatic carbocycles. The van der Waals surface area contributed by atoms with Gasteiger partial charge in [0.25, 0.3) is 5.91 Å². The Morgan fingerprint density at radius 2 is 1.91 bits per heavy atom. The van der Waals surface area contributed by atoms with Crippen molar-refractivity contribution in [2.24, 2.45) is 5.92 Å². The van der Waals surface area contributed by atoms with E-state index in [0.717, 1.165) is 23.5 Å². The number of anilines is 3. The minimum absolute atomic E-state index is 0.0344. The predicted octanol–water partition coefficient (Wildman–Crippen LogP) is 3.32. The van der Waals surface area contributed by atoms with Crippen molar-refractivity contribution < 1.29 is 37.0 Å². The lowest BCUT2D eigenvalue weighted by Gasteiger charge is -2.31. The molecule has 0 bridgehead atoms. The van der Waals surface area contributed by atoms with E-state index >= 15 is 0 Å². The van der Waals surface area contributed by atoms with E-state index in [-0.39, 0.29) is 23.9 Å². The number of morpholine rings is 1. The number of hydrogen-bond donors (Lipinski definition) is 2. The summed E-state index contributed by atoms with van der Waals surface area (Å²) in [6.45, 7) is 4.51. The molecule has 0 saturated carbocycles. The minimum atomic E-state index is -4.59. The summed E-state index contributed by atoms with van der Waals surface area (Å²) in [6, 6.07) is 3.10. The van der Waals surface area contributed by atoms with Crippen LogP contribution in [-0.2, 0) is 36.5 Å². The molecule has 1 aliphatic heterocycles. The van der Waals surface area contributed by atoms with Crippen LogP contribution in [-0.4, -0.2) is 55.7 Å². The number of nitrogens with one attached hydrogen (secondary N) is 2. The molecule has 1 aliphatic rings. The highest BCUT2D eigenvalue weighted by Gasteiger charge is 2.32. The first-order valence-corrected chi connectivity index (χ1v) is 11.7. The van der Waals surface area contributed by atoms with E-state index in [2.05, 4.69) is 15.6 Å². The number of amides is 2. The van der Waals surface area contributed by atoms with Crippen LogP contribution in [0.4, 0.5) is 29.7 Å². The van der Waals surface area contributed by atoms with E-state index in [1.54, 1.807) is 19.2 Å². The molecular formula is C22H25F3N4O5S. The summed E-state index contributed by atoms with van der Waals surface area (Å²) < 4.78 is 49.9. The Labute approximate surface area is 203 Å². The molecule has 3 rings (SSSR count). The van der Waals surface area contributed by atoms with Crippen molar-refractivity contribution in [3.8, 4) is 0 Å². The summed E-state index contributed by atoms with van der Waals surface area (Å²) in [7, 11) is 0. The van der Waals surface area contributed by atoms with Gasteiger partial charge in [-0.3, -0.25) is 14.4 Å². The molecule has 1 saturated heterocycles. The average Bonchev–Trinajstić information content (AvgIpc) is 3.24. The Balaban J connectivity index is 1.59. The van der Waals surface area contributed by atoms with Crippen LogP contribution in [0.1, 0.15) is 25.1 Å². The zero-order chi connectivity index (χ0) is 25.6. The van der Waals surface area contributed by atoms with E-state index in [4.69, 9.17) is 9.47 Å². The third kappa shape index (κ3) is 7.65. The highest BCUT2D eigenvalue weighted by atomic mass is 32.1.